The molecule has 0 aliphatic carbocycles. The first-order chi connectivity index (χ1) is 14.1. The molecule has 0 fully saturated rings. The van der Waals surface area contributed by atoms with Gasteiger partial charge in [-0.1, -0.05) is 6.07 Å². The van der Waals surface area contributed by atoms with Crippen LogP contribution in [0.15, 0.2) is 57.7 Å². The zero-order valence-electron chi connectivity index (χ0n) is 15.9. The molecule has 4 heterocycles. The van der Waals surface area contributed by atoms with Crippen LogP contribution in [0.3, 0.4) is 0 Å². The van der Waals surface area contributed by atoms with Gasteiger partial charge < -0.3 is 0 Å². The molecule has 0 saturated heterocycles. The van der Waals surface area contributed by atoms with E-state index in [0.717, 1.165) is 33.1 Å². The molecule has 8 heteroatoms. The summed E-state index contributed by atoms with van der Waals surface area (Å²) in [7, 11) is 0. The van der Waals surface area contributed by atoms with Crippen molar-refractivity contribution in [2.75, 3.05) is 0 Å². The number of fused-ring (bicyclic) bond motifs is 1. The van der Waals surface area contributed by atoms with Crippen molar-refractivity contribution in [3.05, 3.63) is 80.1 Å². The molecule has 1 aromatic carbocycles. The summed E-state index contributed by atoms with van der Waals surface area (Å²) in [5.41, 5.74) is 5.60. The Hall–Kier alpha value is -3.10. The molecule has 5 aromatic rings. The molecule has 0 bridgehead atoms. The Morgan fingerprint density at radius 2 is 1.93 bits per heavy atom. The molecule has 29 heavy (non-hydrogen) atoms. The van der Waals surface area contributed by atoms with Crippen LogP contribution in [-0.4, -0.2) is 24.3 Å². The largest absolute Gasteiger partial charge is 0.292 e. The van der Waals surface area contributed by atoms with E-state index in [1.807, 2.05) is 36.7 Å². The number of benzene rings is 1. The van der Waals surface area contributed by atoms with Gasteiger partial charge in [0.25, 0.3) is 5.56 Å². The Morgan fingerprint density at radius 3 is 2.69 bits per heavy atom. The van der Waals surface area contributed by atoms with Crippen molar-refractivity contribution in [3.63, 3.8) is 0 Å². The van der Waals surface area contributed by atoms with Crippen molar-refractivity contribution < 1.29 is 0 Å². The lowest BCUT2D eigenvalue weighted by Crippen LogP contribution is -2.21. The Kier molecular flexibility index (Phi) is 4.37. The van der Waals surface area contributed by atoms with Gasteiger partial charge in [0.1, 0.15) is 16.7 Å². The summed E-state index contributed by atoms with van der Waals surface area (Å²) < 4.78 is 3.31. The molecule has 0 radical (unpaired) electrons. The first-order valence-corrected chi connectivity index (χ1v) is 10.9. The van der Waals surface area contributed by atoms with Crippen LogP contribution in [0.25, 0.3) is 27.3 Å². The first kappa shape index (κ1) is 18.0. The van der Waals surface area contributed by atoms with Crippen molar-refractivity contribution in [2.45, 2.75) is 20.4 Å². The average molecular weight is 420 g/mol. The molecular formula is C21H17N5OS2. The molecule has 4 aromatic heterocycles. The molecule has 6 nitrogen and oxygen atoms in total. The Bertz CT molecular complexity index is 1360. The highest BCUT2D eigenvalue weighted by Crippen LogP contribution is 2.26. The predicted octanol–water partition coefficient (Wildman–Crippen LogP) is 4.43. The van der Waals surface area contributed by atoms with Crippen LogP contribution < -0.4 is 5.56 Å². The number of rotatable bonds is 4. The molecular weight excluding hydrogens is 402 g/mol. The van der Waals surface area contributed by atoms with E-state index in [1.54, 1.807) is 44.4 Å². The summed E-state index contributed by atoms with van der Waals surface area (Å²) in [6.45, 7) is 4.47. The SMILES string of the molecule is Cc1cc(C)cc(-n2ncc3c(=O)n(Cc4csc(-c5ccsc5)n4)cnc32)c1. The Balaban J connectivity index is 1.51. The smallest absolute Gasteiger partial charge is 0.264 e. The van der Waals surface area contributed by atoms with Crippen LogP contribution in [0.2, 0.25) is 0 Å². The van der Waals surface area contributed by atoms with Gasteiger partial charge in [-0.05, 0) is 48.6 Å². The quantitative estimate of drug-likeness (QED) is 0.432. The van der Waals surface area contributed by atoms with Gasteiger partial charge in [-0.25, -0.2) is 14.6 Å². The van der Waals surface area contributed by atoms with Crippen molar-refractivity contribution in [1.29, 1.82) is 0 Å². The normalized spacial score (nSPS) is 11.4. The molecule has 5 rings (SSSR count). The van der Waals surface area contributed by atoms with E-state index < -0.39 is 0 Å². The van der Waals surface area contributed by atoms with E-state index in [0.29, 0.717) is 17.6 Å². The van der Waals surface area contributed by atoms with E-state index >= 15 is 0 Å². The van der Waals surface area contributed by atoms with Gasteiger partial charge in [-0.15, -0.1) is 11.3 Å². The van der Waals surface area contributed by atoms with Gasteiger partial charge in [0.05, 0.1) is 24.1 Å². The molecule has 144 valence electrons. The second-order valence-corrected chi connectivity index (χ2v) is 8.61. The van der Waals surface area contributed by atoms with Crippen molar-refractivity contribution in [3.8, 4) is 16.3 Å². The fraction of sp³-hybridized carbons (Fsp3) is 0.143. The van der Waals surface area contributed by atoms with E-state index in [2.05, 4.69) is 32.6 Å². The van der Waals surface area contributed by atoms with E-state index in [1.165, 1.54) is 0 Å². The standard InChI is InChI=1S/C21H17N5OS2/c1-13-5-14(2)7-17(6-13)26-19-18(8-23-26)21(27)25(12-22-19)9-16-11-29-20(24-16)15-3-4-28-10-15/h3-8,10-12H,9H2,1-2H3. The number of nitrogens with zero attached hydrogens (tertiary/aromatic N) is 5. The molecule has 0 unspecified atom stereocenters. The van der Waals surface area contributed by atoms with E-state index in [9.17, 15) is 4.79 Å². The lowest BCUT2D eigenvalue weighted by molar-refractivity contribution is 0.732. The second-order valence-electron chi connectivity index (χ2n) is 6.97. The third-order valence-corrected chi connectivity index (χ3v) is 6.28. The molecule has 0 aliphatic heterocycles. The highest BCUT2D eigenvalue weighted by molar-refractivity contribution is 7.14. The lowest BCUT2D eigenvalue weighted by atomic mass is 10.1. The van der Waals surface area contributed by atoms with Crippen molar-refractivity contribution >= 4 is 33.7 Å². The monoisotopic (exact) mass is 419 g/mol. The predicted molar refractivity (Wildman–Crippen MR) is 117 cm³/mol. The lowest BCUT2D eigenvalue weighted by Gasteiger charge is -2.07. The minimum absolute atomic E-state index is 0.115. The topological polar surface area (TPSA) is 65.6 Å². The third-order valence-electron chi connectivity index (χ3n) is 4.66. The summed E-state index contributed by atoms with van der Waals surface area (Å²) >= 11 is 3.23. The van der Waals surface area contributed by atoms with Crippen LogP contribution in [0.1, 0.15) is 16.8 Å². The van der Waals surface area contributed by atoms with E-state index in [-0.39, 0.29) is 5.56 Å². The second kappa shape index (κ2) is 7.06. The molecule has 0 aliphatic rings. The molecule has 0 amide bonds. The maximum absolute atomic E-state index is 13.0. The van der Waals surface area contributed by atoms with Crippen molar-refractivity contribution in [2.24, 2.45) is 0 Å². The number of aryl methyl sites for hydroxylation is 2. The minimum atomic E-state index is -0.115. The van der Waals surface area contributed by atoms with E-state index in [4.69, 9.17) is 0 Å². The van der Waals surface area contributed by atoms with Gasteiger partial charge in [0.15, 0.2) is 5.65 Å². The van der Waals surface area contributed by atoms with Crippen LogP contribution >= 0.6 is 22.7 Å². The molecule has 0 N–H and O–H groups in total. The Morgan fingerprint density at radius 1 is 1.10 bits per heavy atom. The van der Waals surface area contributed by atoms with Crippen LogP contribution in [0.4, 0.5) is 0 Å². The summed E-state index contributed by atoms with van der Waals surface area (Å²) in [6, 6.07) is 8.23. The highest BCUT2D eigenvalue weighted by Gasteiger charge is 2.13. The first-order valence-electron chi connectivity index (χ1n) is 9.07. The highest BCUT2D eigenvalue weighted by atomic mass is 32.1. The van der Waals surface area contributed by atoms with Gasteiger partial charge in [-0.2, -0.15) is 16.4 Å². The van der Waals surface area contributed by atoms with Gasteiger partial charge >= 0.3 is 0 Å². The number of thiophene rings is 1. The van der Waals surface area contributed by atoms with Crippen LogP contribution in [0, 0.1) is 13.8 Å². The van der Waals surface area contributed by atoms with Crippen molar-refractivity contribution in [1.82, 2.24) is 24.3 Å². The fourth-order valence-corrected chi connectivity index (χ4v) is 4.92. The number of hydrogen-bond acceptors (Lipinski definition) is 6. The average Bonchev–Trinajstić information content (AvgIpc) is 3.43. The number of aromatic nitrogens is 5. The zero-order chi connectivity index (χ0) is 20.0. The molecule has 0 atom stereocenters. The minimum Gasteiger partial charge on any atom is -0.292 e. The Labute approximate surface area is 174 Å². The van der Waals surface area contributed by atoms with Gasteiger partial charge in [-0.3, -0.25) is 9.36 Å². The summed E-state index contributed by atoms with van der Waals surface area (Å²) in [5.74, 6) is 0. The summed E-state index contributed by atoms with van der Waals surface area (Å²) in [5, 5.41) is 12.0. The summed E-state index contributed by atoms with van der Waals surface area (Å²) in [6.07, 6.45) is 3.17. The maximum atomic E-state index is 13.0. The van der Waals surface area contributed by atoms with Crippen LogP contribution in [0.5, 0.6) is 0 Å². The number of hydrogen-bond donors (Lipinski definition) is 0. The van der Waals surface area contributed by atoms with Crippen LogP contribution in [-0.2, 0) is 6.54 Å². The molecule has 0 saturated carbocycles. The zero-order valence-corrected chi connectivity index (χ0v) is 17.5. The number of thiazole rings is 1. The van der Waals surface area contributed by atoms with Gasteiger partial charge in [0, 0.05) is 16.3 Å². The summed E-state index contributed by atoms with van der Waals surface area (Å²) in [4.78, 5) is 22.2. The maximum Gasteiger partial charge on any atom is 0.264 e. The third kappa shape index (κ3) is 3.30. The molecule has 0 spiro atoms. The van der Waals surface area contributed by atoms with Gasteiger partial charge in [0.2, 0.25) is 0 Å². The fourth-order valence-electron chi connectivity index (χ4n) is 3.40.